The third-order valence-corrected chi connectivity index (χ3v) is 4.26. The van der Waals surface area contributed by atoms with Crippen LogP contribution in [0.1, 0.15) is 61.8 Å². The molecular formula is C17H29BO2. The number of hydrogen-bond acceptors (Lipinski definition) is 2. The summed E-state index contributed by atoms with van der Waals surface area (Å²) in [4.78, 5) is 0. The number of rotatable bonds is 4. The van der Waals surface area contributed by atoms with Crippen LogP contribution in [0.15, 0.2) is 12.1 Å². The van der Waals surface area contributed by atoms with Crippen LogP contribution in [0.4, 0.5) is 0 Å². The lowest BCUT2D eigenvalue weighted by Gasteiger charge is -2.32. The van der Waals surface area contributed by atoms with E-state index in [2.05, 4.69) is 67.4 Å². The standard InChI is InChI=1S/C17H29BO2/c1-10-14(2,3)13-15(4,5)11-12-18-19-16(6,7)17(8,9)20-18/h1,11-12H,13H2,2-9H3/b12-11+. The highest BCUT2D eigenvalue weighted by Gasteiger charge is 2.50. The summed E-state index contributed by atoms with van der Waals surface area (Å²) >= 11 is 0. The first-order chi connectivity index (χ1) is 8.80. The average molecular weight is 276 g/mol. The maximum absolute atomic E-state index is 5.97. The van der Waals surface area contributed by atoms with Crippen molar-refractivity contribution in [2.75, 3.05) is 0 Å². The van der Waals surface area contributed by atoms with Crippen molar-refractivity contribution in [3.8, 4) is 12.3 Å². The molecule has 0 amide bonds. The van der Waals surface area contributed by atoms with E-state index in [9.17, 15) is 0 Å². The molecule has 0 saturated carbocycles. The van der Waals surface area contributed by atoms with E-state index in [-0.39, 0.29) is 29.2 Å². The molecule has 2 nitrogen and oxygen atoms in total. The van der Waals surface area contributed by atoms with Crippen molar-refractivity contribution >= 4 is 7.12 Å². The molecule has 1 rings (SSSR count). The van der Waals surface area contributed by atoms with Crippen LogP contribution in [0.5, 0.6) is 0 Å². The van der Waals surface area contributed by atoms with Crippen molar-refractivity contribution in [2.45, 2.75) is 73.0 Å². The summed E-state index contributed by atoms with van der Waals surface area (Å²) in [6.45, 7) is 16.8. The van der Waals surface area contributed by atoms with Crippen LogP contribution < -0.4 is 0 Å². The van der Waals surface area contributed by atoms with Crippen LogP contribution in [-0.2, 0) is 9.31 Å². The summed E-state index contributed by atoms with van der Waals surface area (Å²) in [6.07, 6.45) is 8.66. The molecule has 0 aliphatic carbocycles. The van der Waals surface area contributed by atoms with Gasteiger partial charge in [-0.3, -0.25) is 0 Å². The Morgan fingerprint density at radius 3 is 1.90 bits per heavy atom. The molecule has 0 radical (unpaired) electrons. The Bertz CT molecular complexity index is 409. The quantitative estimate of drug-likeness (QED) is 0.564. The Labute approximate surface area is 125 Å². The van der Waals surface area contributed by atoms with E-state index in [4.69, 9.17) is 15.7 Å². The lowest BCUT2D eigenvalue weighted by atomic mass is 9.73. The molecule has 1 fully saturated rings. The zero-order valence-corrected chi connectivity index (χ0v) is 14.3. The van der Waals surface area contributed by atoms with Gasteiger partial charge in [-0.05, 0) is 53.4 Å². The Balaban J connectivity index is 2.73. The SMILES string of the molecule is C#CC(C)(C)CC(C)(C)/C=C/B1OC(C)(C)C(C)(C)O1. The Morgan fingerprint density at radius 2 is 1.50 bits per heavy atom. The fourth-order valence-electron chi connectivity index (χ4n) is 2.56. The molecule has 1 heterocycles. The van der Waals surface area contributed by atoms with Crippen molar-refractivity contribution in [1.29, 1.82) is 0 Å². The molecule has 0 bridgehead atoms. The summed E-state index contributed by atoms with van der Waals surface area (Å²) < 4.78 is 11.9. The van der Waals surface area contributed by atoms with Crippen LogP contribution in [0, 0.1) is 23.2 Å². The molecule has 0 unspecified atom stereocenters. The van der Waals surface area contributed by atoms with E-state index in [1.54, 1.807) is 0 Å². The van der Waals surface area contributed by atoms with Gasteiger partial charge in [0.1, 0.15) is 0 Å². The van der Waals surface area contributed by atoms with E-state index < -0.39 is 0 Å². The summed E-state index contributed by atoms with van der Waals surface area (Å²) in [5.41, 5.74) is -0.669. The maximum atomic E-state index is 5.97. The Kier molecular flexibility index (Phi) is 4.54. The van der Waals surface area contributed by atoms with Crippen LogP contribution in [-0.4, -0.2) is 18.3 Å². The third kappa shape index (κ3) is 4.14. The molecule has 1 saturated heterocycles. The molecule has 0 spiro atoms. The molecule has 20 heavy (non-hydrogen) atoms. The zero-order chi connectivity index (χ0) is 15.8. The first kappa shape index (κ1) is 17.3. The third-order valence-electron chi connectivity index (χ3n) is 4.26. The van der Waals surface area contributed by atoms with Crippen molar-refractivity contribution < 1.29 is 9.31 Å². The number of hydrogen-bond donors (Lipinski definition) is 0. The molecule has 1 aliphatic rings. The van der Waals surface area contributed by atoms with Gasteiger partial charge in [0.2, 0.25) is 0 Å². The van der Waals surface area contributed by atoms with Gasteiger partial charge in [0.25, 0.3) is 0 Å². The lowest BCUT2D eigenvalue weighted by Crippen LogP contribution is -2.41. The highest BCUT2D eigenvalue weighted by Crippen LogP contribution is 2.38. The van der Waals surface area contributed by atoms with Gasteiger partial charge in [0, 0.05) is 5.41 Å². The predicted octanol–water partition coefficient (Wildman–Crippen LogP) is 4.25. The molecule has 0 atom stereocenters. The van der Waals surface area contributed by atoms with Crippen molar-refractivity contribution in [3.05, 3.63) is 12.1 Å². The van der Waals surface area contributed by atoms with Crippen LogP contribution in [0.2, 0.25) is 0 Å². The van der Waals surface area contributed by atoms with Gasteiger partial charge in [-0.2, -0.15) is 0 Å². The van der Waals surface area contributed by atoms with Gasteiger partial charge in [0.15, 0.2) is 0 Å². The van der Waals surface area contributed by atoms with Crippen LogP contribution in [0.3, 0.4) is 0 Å². The highest BCUT2D eigenvalue weighted by molar-refractivity contribution is 6.51. The van der Waals surface area contributed by atoms with E-state index in [0.717, 1.165) is 6.42 Å². The van der Waals surface area contributed by atoms with Crippen LogP contribution in [0.25, 0.3) is 0 Å². The monoisotopic (exact) mass is 276 g/mol. The predicted molar refractivity (Wildman–Crippen MR) is 86.2 cm³/mol. The van der Waals surface area contributed by atoms with E-state index in [1.807, 2.05) is 5.98 Å². The topological polar surface area (TPSA) is 18.5 Å². The van der Waals surface area contributed by atoms with Gasteiger partial charge in [-0.1, -0.05) is 25.9 Å². The zero-order valence-electron chi connectivity index (χ0n) is 14.3. The summed E-state index contributed by atoms with van der Waals surface area (Å²) in [6, 6.07) is 0. The minimum Gasteiger partial charge on any atom is -0.400 e. The van der Waals surface area contributed by atoms with Gasteiger partial charge in [0.05, 0.1) is 11.2 Å². The first-order valence-corrected chi connectivity index (χ1v) is 7.33. The molecule has 0 N–H and O–H groups in total. The van der Waals surface area contributed by atoms with E-state index in [0.29, 0.717) is 0 Å². The van der Waals surface area contributed by atoms with Gasteiger partial charge < -0.3 is 9.31 Å². The molecule has 112 valence electrons. The van der Waals surface area contributed by atoms with Gasteiger partial charge in [-0.25, -0.2) is 0 Å². The summed E-state index contributed by atoms with van der Waals surface area (Å²) in [7, 11) is -0.284. The second-order valence-electron chi connectivity index (χ2n) is 8.18. The van der Waals surface area contributed by atoms with E-state index >= 15 is 0 Å². The van der Waals surface area contributed by atoms with Gasteiger partial charge >= 0.3 is 7.12 Å². The summed E-state index contributed by atoms with van der Waals surface area (Å²) in [5.74, 6) is 4.87. The fourth-order valence-corrected chi connectivity index (χ4v) is 2.56. The summed E-state index contributed by atoms with van der Waals surface area (Å²) in [5, 5.41) is 0. The second-order valence-corrected chi connectivity index (χ2v) is 8.18. The first-order valence-electron chi connectivity index (χ1n) is 7.33. The molecule has 0 aromatic carbocycles. The van der Waals surface area contributed by atoms with Gasteiger partial charge in [-0.15, -0.1) is 12.3 Å². The van der Waals surface area contributed by atoms with Crippen molar-refractivity contribution in [1.82, 2.24) is 0 Å². The molecule has 0 aromatic heterocycles. The molecular weight excluding hydrogens is 247 g/mol. The fraction of sp³-hybridized carbons (Fsp3) is 0.765. The molecule has 0 aromatic rings. The van der Waals surface area contributed by atoms with E-state index in [1.165, 1.54) is 0 Å². The number of allylic oxidation sites excluding steroid dienone is 1. The Hall–Kier alpha value is -0.715. The minimum absolute atomic E-state index is 0.0134. The largest absolute Gasteiger partial charge is 0.486 e. The van der Waals surface area contributed by atoms with Crippen molar-refractivity contribution in [3.63, 3.8) is 0 Å². The van der Waals surface area contributed by atoms with Crippen LogP contribution >= 0.6 is 0 Å². The highest BCUT2D eigenvalue weighted by atomic mass is 16.7. The molecule has 1 aliphatic heterocycles. The normalized spacial score (nSPS) is 22.2. The number of terminal acetylenes is 1. The molecule has 3 heteroatoms. The van der Waals surface area contributed by atoms with Crippen molar-refractivity contribution in [2.24, 2.45) is 10.8 Å². The average Bonchev–Trinajstić information content (AvgIpc) is 2.44. The minimum atomic E-state index is -0.287. The maximum Gasteiger partial charge on any atom is 0.486 e. The second kappa shape index (κ2) is 5.24. The Morgan fingerprint density at radius 1 is 1.05 bits per heavy atom. The smallest absolute Gasteiger partial charge is 0.400 e. The lowest BCUT2D eigenvalue weighted by molar-refractivity contribution is 0.00578.